The monoisotopic (exact) mass is 836 g/mol. The van der Waals surface area contributed by atoms with E-state index in [2.05, 4.69) is 16.0 Å². The van der Waals surface area contributed by atoms with Crippen molar-refractivity contribution < 1.29 is 47.7 Å². The number of benzene rings is 4. The first-order valence-corrected chi connectivity index (χ1v) is 20.4. The van der Waals surface area contributed by atoms with E-state index in [9.17, 15) is 28.8 Å². The third-order valence-corrected chi connectivity index (χ3v) is 9.99. The molecule has 14 heteroatoms. The van der Waals surface area contributed by atoms with E-state index < -0.39 is 30.0 Å². The molecule has 0 heterocycles. The summed E-state index contributed by atoms with van der Waals surface area (Å²) in [5, 5.41) is 8.32. The van der Waals surface area contributed by atoms with Crippen LogP contribution in [0.15, 0.2) is 97.1 Å². The summed E-state index contributed by atoms with van der Waals surface area (Å²) in [7, 11) is 2.84. The van der Waals surface area contributed by atoms with E-state index >= 15 is 0 Å². The largest absolute Gasteiger partial charge is 0.496 e. The number of carbonyl (C=O) groups is 6. The molecule has 0 bridgehead atoms. The van der Waals surface area contributed by atoms with Crippen LogP contribution in [0.2, 0.25) is 0 Å². The van der Waals surface area contributed by atoms with Crippen molar-refractivity contribution in [2.75, 3.05) is 27.3 Å². The minimum Gasteiger partial charge on any atom is -0.496 e. The Morgan fingerprint density at radius 1 is 0.574 bits per heavy atom. The minimum atomic E-state index is -0.952. The summed E-state index contributed by atoms with van der Waals surface area (Å²) in [6, 6.07) is 27.4. The summed E-state index contributed by atoms with van der Waals surface area (Å²) in [4.78, 5) is 77.4. The van der Waals surface area contributed by atoms with Gasteiger partial charge >= 0.3 is 12.2 Å². The number of hydrogen-bond acceptors (Lipinski definition) is 10. The molecule has 0 spiro atoms. The summed E-state index contributed by atoms with van der Waals surface area (Å²) in [5.41, 5.74) is 8.69. The maximum atomic E-state index is 13.9. The Morgan fingerprint density at radius 2 is 1.05 bits per heavy atom. The van der Waals surface area contributed by atoms with Crippen LogP contribution >= 0.6 is 0 Å². The molecule has 4 rings (SSSR count). The zero-order chi connectivity index (χ0) is 44.0. The van der Waals surface area contributed by atoms with Gasteiger partial charge in [-0.2, -0.15) is 0 Å². The number of nitrogens with one attached hydrogen (secondary N) is 3. The molecule has 4 aromatic rings. The smallest absolute Gasteiger partial charge is 0.407 e. The summed E-state index contributed by atoms with van der Waals surface area (Å²) >= 11 is 0. The lowest BCUT2D eigenvalue weighted by Gasteiger charge is -2.20. The molecule has 324 valence electrons. The number of hydrogen-bond donors (Lipinski definition) is 4. The van der Waals surface area contributed by atoms with Gasteiger partial charge in [-0.05, 0) is 78.6 Å². The van der Waals surface area contributed by atoms with Crippen molar-refractivity contribution in [3.8, 4) is 11.5 Å². The van der Waals surface area contributed by atoms with Crippen LogP contribution in [0.25, 0.3) is 0 Å². The van der Waals surface area contributed by atoms with Crippen molar-refractivity contribution in [1.29, 1.82) is 0 Å². The van der Waals surface area contributed by atoms with Crippen LogP contribution in [-0.2, 0) is 45.1 Å². The number of Topliss-reactive ketones (excluding diaryl/α,β-unsaturated/α-hetero) is 2. The Hall–Kier alpha value is -6.70. The van der Waals surface area contributed by atoms with Crippen molar-refractivity contribution in [3.05, 3.63) is 130 Å². The van der Waals surface area contributed by atoms with Gasteiger partial charge in [-0.3, -0.25) is 19.2 Å². The Bertz CT molecular complexity index is 2080. The number of ether oxygens (including phenoxy) is 4. The Kier molecular flexibility index (Phi) is 19.3. The molecular weight excluding hydrogens is 781 g/mol. The van der Waals surface area contributed by atoms with Crippen molar-refractivity contribution in [2.24, 2.45) is 11.7 Å². The van der Waals surface area contributed by atoms with Crippen LogP contribution in [0.3, 0.4) is 0 Å². The number of nitrogens with two attached hydrogens (primary N) is 1. The summed E-state index contributed by atoms with van der Waals surface area (Å²) in [6.07, 6.45) is 2.11. The maximum Gasteiger partial charge on any atom is 0.407 e. The quantitative estimate of drug-likeness (QED) is 0.0524. The molecule has 0 aliphatic carbocycles. The first-order chi connectivity index (χ1) is 29.5. The number of primary amides is 1. The van der Waals surface area contributed by atoms with E-state index in [1.165, 1.54) is 20.3 Å². The first-order valence-electron chi connectivity index (χ1n) is 20.4. The predicted octanol–water partition coefficient (Wildman–Crippen LogP) is 6.65. The number of alkyl carbamates (subject to hydrolysis) is 2. The summed E-state index contributed by atoms with van der Waals surface area (Å²) < 4.78 is 21.2. The molecule has 0 saturated heterocycles. The number of ketones is 2. The lowest BCUT2D eigenvalue weighted by atomic mass is 9.93. The highest BCUT2D eigenvalue weighted by Crippen LogP contribution is 2.24. The zero-order valence-corrected chi connectivity index (χ0v) is 35.0. The van der Waals surface area contributed by atoms with E-state index in [1.54, 1.807) is 30.3 Å². The van der Waals surface area contributed by atoms with Crippen molar-refractivity contribution in [2.45, 2.75) is 77.5 Å². The molecule has 0 radical (unpaired) electrons. The number of rotatable bonds is 25. The van der Waals surface area contributed by atoms with E-state index in [4.69, 9.17) is 24.7 Å². The SMILES string of the molecule is COc1ccc(CC(=O)[C@H](CCCCNC(=O)OCc2ccccc2)NC(=O)c2cc(CC(=O)[C@@H](C)CCCCNC(=O)OCc3ccccc3)ccc2OC)cc1C(N)=O. The van der Waals surface area contributed by atoms with Gasteiger partial charge in [0.15, 0.2) is 5.78 Å². The van der Waals surface area contributed by atoms with Crippen LogP contribution in [0.5, 0.6) is 11.5 Å². The van der Waals surface area contributed by atoms with Crippen molar-refractivity contribution in [3.63, 3.8) is 0 Å². The van der Waals surface area contributed by atoms with Crippen molar-refractivity contribution >= 4 is 35.6 Å². The molecule has 5 N–H and O–H groups in total. The first kappa shape index (κ1) is 47.0. The van der Waals surface area contributed by atoms with Gasteiger partial charge in [0.1, 0.15) is 30.5 Å². The average Bonchev–Trinajstić information content (AvgIpc) is 3.27. The van der Waals surface area contributed by atoms with Gasteiger partial charge in [0.05, 0.1) is 31.4 Å². The van der Waals surface area contributed by atoms with Gasteiger partial charge in [-0.1, -0.05) is 86.1 Å². The summed E-state index contributed by atoms with van der Waals surface area (Å²) in [6.45, 7) is 2.88. The number of carbonyl (C=O) groups excluding carboxylic acids is 6. The molecule has 0 aliphatic rings. The second-order valence-corrected chi connectivity index (χ2v) is 14.6. The van der Waals surface area contributed by atoms with Crippen LogP contribution < -0.4 is 31.2 Å². The molecule has 4 aromatic carbocycles. The fourth-order valence-electron chi connectivity index (χ4n) is 6.49. The molecule has 4 amide bonds. The highest BCUT2D eigenvalue weighted by molar-refractivity contribution is 6.01. The molecule has 2 atom stereocenters. The maximum absolute atomic E-state index is 13.9. The highest BCUT2D eigenvalue weighted by Gasteiger charge is 2.25. The van der Waals surface area contributed by atoms with E-state index in [0.717, 1.165) is 11.1 Å². The van der Waals surface area contributed by atoms with Gasteiger partial charge in [0.2, 0.25) is 0 Å². The second-order valence-electron chi connectivity index (χ2n) is 14.6. The Labute approximate surface area is 356 Å². The highest BCUT2D eigenvalue weighted by atomic mass is 16.6. The van der Waals surface area contributed by atoms with Gasteiger partial charge in [-0.25, -0.2) is 9.59 Å². The molecule has 0 unspecified atom stereocenters. The lowest BCUT2D eigenvalue weighted by Crippen LogP contribution is -2.42. The van der Waals surface area contributed by atoms with E-state index in [0.29, 0.717) is 49.8 Å². The lowest BCUT2D eigenvalue weighted by molar-refractivity contribution is -0.122. The van der Waals surface area contributed by atoms with Gasteiger partial charge in [-0.15, -0.1) is 0 Å². The molecule has 61 heavy (non-hydrogen) atoms. The van der Waals surface area contributed by atoms with Crippen LogP contribution in [-0.4, -0.2) is 68.9 Å². The summed E-state index contributed by atoms with van der Waals surface area (Å²) in [5.74, 6) is -1.33. The third-order valence-electron chi connectivity index (χ3n) is 9.99. The second kappa shape index (κ2) is 25.0. The fraction of sp³-hybridized carbons (Fsp3) is 0.362. The molecule has 0 saturated carbocycles. The van der Waals surface area contributed by atoms with E-state index in [1.807, 2.05) is 67.6 Å². The predicted molar refractivity (Wildman–Crippen MR) is 229 cm³/mol. The molecule has 14 nitrogen and oxygen atoms in total. The average molecular weight is 837 g/mol. The number of amides is 4. The minimum absolute atomic E-state index is 0.00723. The fourth-order valence-corrected chi connectivity index (χ4v) is 6.49. The van der Waals surface area contributed by atoms with Crippen molar-refractivity contribution in [1.82, 2.24) is 16.0 Å². The Balaban J connectivity index is 1.33. The molecule has 0 aromatic heterocycles. The molecular formula is C47H56N4O10. The molecule has 0 fully saturated rings. The van der Waals surface area contributed by atoms with Gasteiger partial charge in [0.25, 0.3) is 11.8 Å². The third kappa shape index (κ3) is 16.1. The zero-order valence-electron chi connectivity index (χ0n) is 35.0. The van der Waals surface area contributed by atoms with Crippen LogP contribution in [0.1, 0.15) is 88.4 Å². The van der Waals surface area contributed by atoms with Crippen LogP contribution in [0.4, 0.5) is 9.59 Å². The van der Waals surface area contributed by atoms with Gasteiger partial charge in [0, 0.05) is 31.8 Å². The number of unbranched alkanes of at least 4 members (excludes halogenated alkanes) is 2. The topological polar surface area (TPSA) is 201 Å². The molecule has 0 aliphatic heterocycles. The van der Waals surface area contributed by atoms with Gasteiger partial charge < -0.3 is 40.6 Å². The standard InChI is InChI=1S/C47H56N4O10/c1-32(14-10-12-24-49-46(56)60-30-33-15-6-4-7-16-33)40(52)28-36-21-23-43(59-3)38(27-36)45(55)51-39(41(53)29-35-20-22-42(58-2)37(26-35)44(48)54)19-11-13-25-50-47(57)61-31-34-17-8-5-9-18-34/h4-9,15-18,20-23,26-27,32,39H,10-14,19,24-25,28-31H2,1-3H3,(H2,48,54)(H,49,56)(H,50,57)(H,51,55)/t32-,39-/m0/s1. The Morgan fingerprint density at radius 3 is 1.56 bits per heavy atom. The van der Waals surface area contributed by atoms with E-state index in [-0.39, 0.29) is 79.1 Å². The normalized spacial score (nSPS) is 11.7. The van der Waals surface area contributed by atoms with Crippen LogP contribution in [0, 0.1) is 5.92 Å². The number of methoxy groups -OCH3 is 2.